The highest BCUT2D eigenvalue weighted by molar-refractivity contribution is 5.95. The van der Waals surface area contributed by atoms with Crippen molar-refractivity contribution in [3.8, 4) is 0 Å². The number of carbonyl (C=O) groups excluding carboxylic acids is 1. The van der Waals surface area contributed by atoms with Crippen LogP contribution in [-0.4, -0.2) is 29.7 Å². The van der Waals surface area contributed by atoms with Crippen molar-refractivity contribution in [3.05, 3.63) is 29.8 Å². The predicted octanol–water partition coefficient (Wildman–Crippen LogP) is 2.57. The third-order valence-electron chi connectivity index (χ3n) is 4.60. The van der Waals surface area contributed by atoms with E-state index in [-0.39, 0.29) is 17.5 Å². The molecule has 1 heterocycles. The van der Waals surface area contributed by atoms with E-state index in [1.807, 2.05) is 18.2 Å². The summed E-state index contributed by atoms with van der Waals surface area (Å²) in [6, 6.07) is 7.37. The second kappa shape index (κ2) is 4.76. The van der Waals surface area contributed by atoms with Gasteiger partial charge in [-0.2, -0.15) is 0 Å². The van der Waals surface area contributed by atoms with E-state index in [4.69, 9.17) is 0 Å². The number of para-hydroxylation sites is 1. The minimum absolute atomic E-state index is 0.123. The molecule has 2 unspecified atom stereocenters. The summed E-state index contributed by atoms with van der Waals surface area (Å²) in [4.78, 5) is 25.5. The van der Waals surface area contributed by atoms with Crippen molar-refractivity contribution < 1.29 is 14.7 Å². The van der Waals surface area contributed by atoms with Crippen LogP contribution in [0, 0.1) is 5.41 Å². The monoisotopic (exact) mass is 288 g/mol. The standard InChI is InChI=1S/C16H20N2O3/c1-16(2)9-13(16)17-15(21)18-8-7-11(14(19)20)10-5-3-4-6-12(10)18/h3-6,11,13H,7-9H2,1-2H3,(H,17,21)(H,19,20). The van der Waals surface area contributed by atoms with Crippen molar-refractivity contribution >= 4 is 17.7 Å². The number of carboxylic acids is 1. The Labute approximate surface area is 123 Å². The molecule has 5 heteroatoms. The molecular weight excluding hydrogens is 268 g/mol. The van der Waals surface area contributed by atoms with Crippen molar-refractivity contribution in [3.63, 3.8) is 0 Å². The summed E-state index contributed by atoms with van der Waals surface area (Å²) >= 11 is 0. The summed E-state index contributed by atoms with van der Waals surface area (Å²) in [5.41, 5.74) is 1.61. The van der Waals surface area contributed by atoms with E-state index < -0.39 is 11.9 Å². The van der Waals surface area contributed by atoms with Gasteiger partial charge < -0.3 is 10.4 Å². The highest BCUT2D eigenvalue weighted by Crippen LogP contribution is 2.45. The van der Waals surface area contributed by atoms with Crippen LogP contribution >= 0.6 is 0 Å². The van der Waals surface area contributed by atoms with E-state index in [1.54, 1.807) is 11.0 Å². The Morgan fingerprint density at radius 3 is 2.62 bits per heavy atom. The van der Waals surface area contributed by atoms with Crippen LogP contribution in [0.5, 0.6) is 0 Å². The second-order valence-corrected chi connectivity index (χ2v) is 6.58. The maximum absolute atomic E-state index is 12.4. The zero-order valence-electron chi connectivity index (χ0n) is 12.3. The Balaban J connectivity index is 1.82. The Hall–Kier alpha value is -2.04. The van der Waals surface area contributed by atoms with Crippen LogP contribution < -0.4 is 10.2 Å². The number of aliphatic carboxylic acids is 1. The quantitative estimate of drug-likeness (QED) is 0.878. The van der Waals surface area contributed by atoms with Crippen molar-refractivity contribution in [1.29, 1.82) is 0 Å². The molecule has 21 heavy (non-hydrogen) atoms. The first kappa shape index (κ1) is 13.9. The molecule has 112 valence electrons. The van der Waals surface area contributed by atoms with Crippen molar-refractivity contribution in [2.24, 2.45) is 5.41 Å². The lowest BCUT2D eigenvalue weighted by atomic mass is 9.90. The lowest BCUT2D eigenvalue weighted by Crippen LogP contribution is -2.45. The van der Waals surface area contributed by atoms with Gasteiger partial charge >= 0.3 is 12.0 Å². The number of nitrogens with zero attached hydrogens (tertiary/aromatic N) is 1. The van der Waals surface area contributed by atoms with Crippen LogP contribution in [0.4, 0.5) is 10.5 Å². The number of hydrogen-bond donors (Lipinski definition) is 2. The number of anilines is 1. The summed E-state index contributed by atoms with van der Waals surface area (Å²) in [6.07, 6.45) is 1.44. The van der Waals surface area contributed by atoms with Gasteiger partial charge in [0.2, 0.25) is 0 Å². The number of hydrogen-bond acceptors (Lipinski definition) is 2. The van der Waals surface area contributed by atoms with Crippen LogP contribution in [0.1, 0.15) is 38.2 Å². The summed E-state index contributed by atoms with van der Waals surface area (Å²) < 4.78 is 0. The average Bonchev–Trinajstić information content (AvgIpc) is 3.03. The van der Waals surface area contributed by atoms with E-state index in [1.165, 1.54) is 0 Å². The van der Waals surface area contributed by atoms with Crippen LogP contribution in [0.25, 0.3) is 0 Å². The van der Waals surface area contributed by atoms with E-state index in [9.17, 15) is 14.7 Å². The van der Waals surface area contributed by atoms with Gasteiger partial charge in [0.25, 0.3) is 0 Å². The molecule has 0 saturated heterocycles. The fourth-order valence-electron chi connectivity index (χ4n) is 2.97. The van der Waals surface area contributed by atoms with E-state index in [0.717, 1.165) is 12.0 Å². The summed E-state index contributed by atoms with van der Waals surface area (Å²) in [6.45, 7) is 4.69. The number of nitrogens with one attached hydrogen (secondary N) is 1. The first-order valence-corrected chi connectivity index (χ1v) is 7.30. The summed E-state index contributed by atoms with van der Waals surface area (Å²) in [5.74, 6) is -1.35. The van der Waals surface area contributed by atoms with Gasteiger partial charge in [-0.1, -0.05) is 32.0 Å². The average molecular weight is 288 g/mol. The lowest BCUT2D eigenvalue weighted by molar-refractivity contribution is -0.139. The number of urea groups is 1. The third kappa shape index (κ3) is 2.48. The smallest absolute Gasteiger partial charge is 0.322 e. The van der Waals surface area contributed by atoms with Gasteiger partial charge in [-0.15, -0.1) is 0 Å². The molecular formula is C16H20N2O3. The zero-order chi connectivity index (χ0) is 15.2. The van der Waals surface area contributed by atoms with Crippen molar-refractivity contribution in [2.45, 2.75) is 38.6 Å². The maximum Gasteiger partial charge on any atom is 0.322 e. The van der Waals surface area contributed by atoms with E-state index in [0.29, 0.717) is 18.7 Å². The molecule has 1 aromatic rings. The molecule has 1 fully saturated rings. The summed E-state index contributed by atoms with van der Waals surface area (Å²) in [5, 5.41) is 12.4. The Kier molecular flexibility index (Phi) is 3.15. The largest absolute Gasteiger partial charge is 0.481 e. The highest BCUT2D eigenvalue weighted by Gasteiger charge is 2.47. The molecule has 1 saturated carbocycles. The van der Waals surface area contributed by atoms with Crippen molar-refractivity contribution in [2.75, 3.05) is 11.4 Å². The number of benzene rings is 1. The van der Waals surface area contributed by atoms with Crippen LogP contribution in [0.2, 0.25) is 0 Å². The fraction of sp³-hybridized carbons (Fsp3) is 0.500. The van der Waals surface area contributed by atoms with Crippen molar-refractivity contribution in [1.82, 2.24) is 5.32 Å². The van der Waals surface area contributed by atoms with Gasteiger partial charge in [-0.05, 0) is 29.9 Å². The molecule has 0 radical (unpaired) electrons. The van der Waals surface area contributed by atoms with Crippen LogP contribution in [0.15, 0.2) is 24.3 Å². The molecule has 1 aliphatic carbocycles. The molecule has 2 amide bonds. The van der Waals surface area contributed by atoms with E-state index in [2.05, 4.69) is 19.2 Å². The zero-order valence-corrected chi connectivity index (χ0v) is 12.3. The highest BCUT2D eigenvalue weighted by atomic mass is 16.4. The predicted molar refractivity (Wildman–Crippen MR) is 79.5 cm³/mol. The number of carbonyl (C=O) groups is 2. The summed E-state index contributed by atoms with van der Waals surface area (Å²) in [7, 11) is 0. The van der Waals surface area contributed by atoms with Crippen LogP contribution in [-0.2, 0) is 4.79 Å². The van der Waals surface area contributed by atoms with Gasteiger partial charge in [-0.25, -0.2) is 4.79 Å². The van der Waals surface area contributed by atoms with E-state index >= 15 is 0 Å². The maximum atomic E-state index is 12.4. The molecule has 2 aliphatic rings. The third-order valence-corrected chi connectivity index (χ3v) is 4.60. The first-order chi connectivity index (χ1) is 9.90. The molecule has 1 aromatic carbocycles. The molecule has 0 bridgehead atoms. The number of fused-ring (bicyclic) bond motifs is 1. The van der Waals surface area contributed by atoms with Gasteiger partial charge in [0.05, 0.1) is 5.92 Å². The number of rotatable bonds is 2. The Morgan fingerprint density at radius 2 is 2.00 bits per heavy atom. The van der Waals surface area contributed by atoms with Gasteiger partial charge in [0.15, 0.2) is 0 Å². The first-order valence-electron chi connectivity index (χ1n) is 7.30. The van der Waals surface area contributed by atoms with Gasteiger partial charge in [0, 0.05) is 18.3 Å². The second-order valence-electron chi connectivity index (χ2n) is 6.58. The topological polar surface area (TPSA) is 69.6 Å². The van der Waals surface area contributed by atoms with Gasteiger partial charge in [0.1, 0.15) is 0 Å². The molecule has 2 N–H and O–H groups in total. The Morgan fingerprint density at radius 1 is 1.33 bits per heavy atom. The fourth-order valence-corrected chi connectivity index (χ4v) is 2.97. The lowest BCUT2D eigenvalue weighted by Gasteiger charge is -2.32. The minimum Gasteiger partial charge on any atom is -0.481 e. The number of carboxylic acid groups (broad SMARTS) is 1. The van der Waals surface area contributed by atoms with Gasteiger partial charge in [-0.3, -0.25) is 9.69 Å². The molecule has 0 aromatic heterocycles. The molecule has 1 aliphatic heterocycles. The number of amides is 2. The molecule has 3 rings (SSSR count). The molecule has 5 nitrogen and oxygen atoms in total. The normalized spacial score (nSPS) is 25.9. The SMILES string of the molecule is CC1(C)CC1NC(=O)N1CCC(C(=O)O)c2ccccc21. The van der Waals surface area contributed by atoms with Crippen LogP contribution in [0.3, 0.4) is 0 Å². The minimum atomic E-state index is -0.828. The molecule has 2 atom stereocenters. The molecule has 0 spiro atoms. The Bertz CT molecular complexity index is 597.